The van der Waals surface area contributed by atoms with Gasteiger partial charge < -0.3 is 5.32 Å². The van der Waals surface area contributed by atoms with Crippen molar-refractivity contribution >= 4 is 17.5 Å². The number of amides is 2. The minimum absolute atomic E-state index is 0.290. The van der Waals surface area contributed by atoms with Gasteiger partial charge in [-0.2, -0.15) is 0 Å². The molecule has 0 atom stereocenters. The van der Waals surface area contributed by atoms with Crippen LogP contribution >= 0.6 is 0 Å². The van der Waals surface area contributed by atoms with Gasteiger partial charge in [0.25, 0.3) is 11.8 Å². The first-order valence-corrected chi connectivity index (χ1v) is 4.98. The second kappa shape index (κ2) is 3.81. The molecule has 1 aliphatic rings. The molecule has 0 radical (unpaired) electrons. The zero-order chi connectivity index (χ0) is 11.7. The third kappa shape index (κ3) is 1.82. The Morgan fingerprint density at radius 3 is 2.56 bits per heavy atom. The van der Waals surface area contributed by atoms with Gasteiger partial charge in [0.05, 0.1) is 0 Å². The molecular weight excluding hydrogens is 204 g/mol. The highest BCUT2D eigenvalue weighted by molar-refractivity contribution is 6.17. The van der Waals surface area contributed by atoms with Gasteiger partial charge in [0.2, 0.25) is 0 Å². The van der Waals surface area contributed by atoms with E-state index in [1.165, 1.54) is 6.08 Å². The molecule has 1 aromatic rings. The van der Waals surface area contributed by atoms with Gasteiger partial charge in [-0.1, -0.05) is 12.1 Å². The van der Waals surface area contributed by atoms with Gasteiger partial charge in [-0.05, 0) is 31.0 Å². The predicted molar refractivity (Wildman–Crippen MR) is 60.8 cm³/mol. The Kier molecular flexibility index (Phi) is 2.48. The Bertz CT molecular complexity index is 504. The SMILES string of the molecule is Cc1cccc(NC2=CC(=O)NC2=O)c1C. The summed E-state index contributed by atoms with van der Waals surface area (Å²) < 4.78 is 0. The Morgan fingerprint density at radius 1 is 1.19 bits per heavy atom. The van der Waals surface area contributed by atoms with E-state index in [4.69, 9.17) is 0 Å². The van der Waals surface area contributed by atoms with Crippen LogP contribution in [0.1, 0.15) is 11.1 Å². The van der Waals surface area contributed by atoms with E-state index in [0.717, 1.165) is 16.8 Å². The Balaban J connectivity index is 2.28. The van der Waals surface area contributed by atoms with Crippen molar-refractivity contribution in [3.8, 4) is 0 Å². The summed E-state index contributed by atoms with van der Waals surface area (Å²) in [6.07, 6.45) is 1.27. The molecule has 1 heterocycles. The average molecular weight is 216 g/mol. The molecule has 16 heavy (non-hydrogen) atoms. The molecule has 0 saturated heterocycles. The molecule has 0 aromatic heterocycles. The molecule has 0 unspecified atom stereocenters. The minimum Gasteiger partial charge on any atom is -0.351 e. The van der Waals surface area contributed by atoms with Crippen molar-refractivity contribution in [3.05, 3.63) is 41.1 Å². The summed E-state index contributed by atoms with van der Waals surface area (Å²) in [6.45, 7) is 3.96. The van der Waals surface area contributed by atoms with Crippen molar-refractivity contribution in [2.75, 3.05) is 5.32 Å². The maximum atomic E-state index is 11.3. The smallest absolute Gasteiger partial charge is 0.274 e. The number of rotatable bonds is 2. The number of carbonyl (C=O) groups is 2. The van der Waals surface area contributed by atoms with Crippen molar-refractivity contribution in [1.82, 2.24) is 5.32 Å². The molecule has 4 heteroatoms. The fraction of sp³-hybridized carbons (Fsp3) is 0.167. The van der Waals surface area contributed by atoms with Crippen LogP contribution in [0.4, 0.5) is 5.69 Å². The molecule has 0 saturated carbocycles. The first kappa shape index (κ1) is 10.4. The van der Waals surface area contributed by atoms with Gasteiger partial charge in [-0.15, -0.1) is 0 Å². The lowest BCUT2D eigenvalue weighted by Crippen LogP contribution is -2.24. The normalized spacial score (nSPS) is 14.8. The quantitative estimate of drug-likeness (QED) is 0.731. The molecule has 1 aliphatic heterocycles. The van der Waals surface area contributed by atoms with E-state index in [9.17, 15) is 9.59 Å². The van der Waals surface area contributed by atoms with Crippen molar-refractivity contribution in [2.45, 2.75) is 13.8 Å². The highest BCUT2D eigenvalue weighted by Gasteiger charge is 2.21. The number of nitrogens with one attached hydrogen (secondary N) is 2. The fourth-order valence-corrected chi connectivity index (χ4v) is 1.54. The number of aryl methyl sites for hydroxylation is 1. The van der Waals surface area contributed by atoms with Gasteiger partial charge in [-0.25, -0.2) is 0 Å². The summed E-state index contributed by atoms with van der Waals surface area (Å²) in [5, 5.41) is 5.15. The largest absolute Gasteiger partial charge is 0.351 e. The molecule has 1 aromatic carbocycles. The zero-order valence-corrected chi connectivity index (χ0v) is 9.13. The minimum atomic E-state index is -0.383. The van der Waals surface area contributed by atoms with E-state index in [0.29, 0.717) is 5.70 Å². The number of carbonyl (C=O) groups excluding carboxylic acids is 2. The Morgan fingerprint density at radius 2 is 1.94 bits per heavy atom. The fourth-order valence-electron chi connectivity index (χ4n) is 1.54. The van der Waals surface area contributed by atoms with Crippen LogP contribution < -0.4 is 10.6 Å². The molecule has 0 bridgehead atoms. The first-order chi connectivity index (χ1) is 7.58. The highest BCUT2D eigenvalue weighted by Crippen LogP contribution is 2.20. The molecule has 2 N–H and O–H groups in total. The Hall–Kier alpha value is -2.10. The number of anilines is 1. The molecule has 0 fully saturated rings. The van der Waals surface area contributed by atoms with Crippen molar-refractivity contribution < 1.29 is 9.59 Å². The maximum Gasteiger partial charge on any atom is 0.274 e. The molecule has 4 nitrogen and oxygen atoms in total. The number of hydrogen-bond acceptors (Lipinski definition) is 3. The standard InChI is InChI=1S/C12H12N2O2/c1-7-4-3-5-9(8(7)2)13-10-6-11(15)14-12(10)16/h3-6H,1-2H3,(H2,13,14,15,16). The highest BCUT2D eigenvalue weighted by atomic mass is 16.2. The molecule has 0 spiro atoms. The topological polar surface area (TPSA) is 58.2 Å². The number of hydrogen-bond donors (Lipinski definition) is 2. The monoisotopic (exact) mass is 216 g/mol. The van der Waals surface area contributed by atoms with Crippen LogP contribution in [0.3, 0.4) is 0 Å². The van der Waals surface area contributed by atoms with Gasteiger partial charge in [0, 0.05) is 11.8 Å². The van der Waals surface area contributed by atoms with E-state index >= 15 is 0 Å². The summed E-state index contributed by atoms with van der Waals surface area (Å²) in [6, 6.07) is 5.77. The summed E-state index contributed by atoms with van der Waals surface area (Å²) in [4.78, 5) is 22.3. The number of benzene rings is 1. The zero-order valence-electron chi connectivity index (χ0n) is 9.13. The van der Waals surface area contributed by atoms with Crippen LogP contribution in [0.2, 0.25) is 0 Å². The molecule has 82 valence electrons. The van der Waals surface area contributed by atoms with Crippen LogP contribution in [0, 0.1) is 13.8 Å². The molecule has 2 amide bonds. The summed E-state index contributed by atoms with van der Waals surface area (Å²) in [5.74, 6) is -0.760. The van der Waals surface area contributed by atoms with E-state index in [2.05, 4.69) is 10.6 Å². The summed E-state index contributed by atoms with van der Waals surface area (Å²) in [5.41, 5.74) is 3.33. The van der Waals surface area contributed by atoms with Crippen LogP contribution in [0.25, 0.3) is 0 Å². The second-order valence-electron chi connectivity index (χ2n) is 3.75. The van der Waals surface area contributed by atoms with E-state index in [1.807, 2.05) is 32.0 Å². The molecule has 2 rings (SSSR count). The third-order valence-electron chi connectivity index (χ3n) is 2.63. The summed E-state index contributed by atoms with van der Waals surface area (Å²) in [7, 11) is 0. The van der Waals surface area contributed by atoms with Crippen molar-refractivity contribution in [3.63, 3.8) is 0 Å². The van der Waals surface area contributed by atoms with Gasteiger partial charge in [-0.3, -0.25) is 14.9 Å². The average Bonchev–Trinajstić information content (AvgIpc) is 2.53. The Labute approximate surface area is 93.3 Å². The van der Waals surface area contributed by atoms with Gasteiger partial charge in [0.1, 0.15) is 5.70 Å². The van der Waals surface area contributed by atoms with Crippen LogP contribution in [-0.2, 0) is 9.59 Å². The lowest BCUT2D eigenvalue weighted by molar-refractivity contribution is -0.123. The third-order valence-corrected chi connectivity index (χ3v) is 2.63. The molecule has 0 aliphatic carbocycles. The maximum absolute atomic E-state index is 11.3. The van der Waals surface area contributed by atoms with Crippen molar-refractivity contribution in [2.24, 2.45) is 0 Å². The summed E-state index contributed by atoms with van der Waals surface area (Å²) >= 11 is 0. The van der Waals surface area contributed by atoms with Gasteiger partial charge in [0.15, 0.2) is 0 Å². The second-order valence-corrected chi connectivity index (χ2v) is 3.75. The lowest BCUT2D eigenvalue weighted by Gasteiger charge is -2.10. The lowest BCUT2D eigenvalue weighted by atomic mass is 10.1. The van der Waals surface area contributed by atoms with Crippen LogP contribution in [-0.4, -0.2) is 11.8 Å². The van der Waals surface area contributed by atoms with E-state index in [1.54, 1.807) is 0 Å². The predicted octanol–water partition coefficient (Wildman–Crippen LogP) is 1.26. The van der Waals surface area contributed by atoms with Crippen molar-refractivity contribution in [1.29, 1.82) is 0 Å². The van der Waals surface area contributed by atoms with Gasteiger partial charge >= 0.3 is 0 Å². The van der Waals surface area contributed by atoms with Crippen LogP contribution in [0.15, 0.2) is 30.0 Å². The molecular formula is C12H12N2O2. The van der Waals surface area contributed by atoms with E-state index in [-0.39, 0.29) is 11.8 Å². The first-order valence-electron chi connectivity index (χ1n) is 4.98. The number of imide groups is 1. The van der Waals surface area contributed by atoms with E-state index < -0.39 is 0 Å². The van der Waals surface area contributed by atoms with Crippen LogP contribution in [0.5, 0.6) is 0 Å².